The third-order valence-electron chi connectivity index (χ3n) is 2.09. The highest BCUT2D eigenvalue weighted by molar-refractivity contribution is 9.11. The van der Waals surface area contributed by atoms with Crippen LogP contribution in [0.15, 0.2) is 21.1 Å². The maximum atomic E-state index is 11.5. The first-order valence-electron chi connectivity index (χ1n) is 5.71. The number of thiocarbonyl (C=S) groups is 1. The van der Waals surface area contributed by atoms with Gasteiger partial charge in [-0.1, -0.05) is 0 Å². The van der Waals surface area contributed by atoms with Crippen molar-refractivity contribution in [3.8, 4) is 5.75 Å². The molecule has 0 bridgehead atoms. The van der Waals surface area contributed by atoms with Crippen LogP contribution in [0, 0.1) is 0 Å². The van der Waals surface area contributed by atoms with Crippen LogP contribution in [0.1, 0.15) is 31.1 Å². The van der Waals surface area contributed by atoms with E-state index in [1.165, 1.54) is 7.11 Å². The Morgan fingerprint density at radius 3 is 2.15 bits per heavy atom. The molecule has 0 aliphatic rings. The van der Waals surface area contributed by atoms with E-state index in [4.69, 9.17) is 17.0 Å². The van der Waals surface area contributed by atoms with Gasteiger partial charge in [0.1, 0.15) is 0 Å². The number of ether oxygens (including phenoxy) is 2. The van der Waals surface area contributed by atoms with Crippen LogP contribution in [0.3, 0.4) is 0 Å². The number of methoxy groups -OCH3 is 1. The Hall–Kier alpha value is -0.660. The zero-order valence-corrected chi connectivity index (χ0v) is 15.5. The van der Waals surface area contributed by atoms with Crippen LogP contribution >= 0.6 is 44.1 Å². The van der Waals surface area contributed by atoms with E-state index in [0.29, 0.717) is 20.3 Å². The molecule has 0 unspecified atom stereocenters. The monoisotopic (exact) mass is 423 g/mol. The molecule has 7 heteroatoms. The second-order valence-electron chi connectivity index (χ2n) is 5.03. The van der Waals surface area contributed by atoms with Gasteiger partial charge in [-0.05, 0) is 77.0 Å². The van der Waals surface area contributed by atoms with Crippen LogP contribution in [-0.2, 0) is 4.74 Å². The van der Waals surface area contributed by atoms with Crippen LogP contribution in [0.4, 0.5) is 0 Å². The Morgan fingerprint density at radius 2 is 1.75 bits per heavy atom. The molecule has 0 aliphatic carbocycles. The van der Waals surface area contributed by atoms with Gasteiger partial charge in [0.25, 0.3) is 5.17 Å². The molecule has 0 spiro atoms. The first kappa shape index (κ1) is 17.4. The second kappa shape index (κ2) is 6.87. The smallest absolute Gasteiger partial charge is 0.337 e. The summed E-state index contributed by atoms with van der Waals surface area (Å²) in [6, 6.07) is 3.23. The van der Waals surface area contributed by atoms with Gasteiger partial charge in [0.05, 0.1) is 21.6 Å². The minimum atomic E-state index is -0.423. The zero-order chi connectivity index (χ0) is 15.5. The van der Waals surface area contributed by atoms with Gasteiger partial charge in [-0.3, -0.25) is 0 Å². The SMILES string of the molecule is COC(=O)c1cc(Br)c(OC(=S)NC(C)(C)C)c(Br)c1. The fraction of sp³-hybridized carbons (Fsp3) is 0.385. The average Bonchev–Trinajstić information content (AvgIpc) is 2.30. The number of nitrogens with one attached hydrogen (secondary N) is 1. The summed E-state index contributed by atoms with van der Waals surface area (Å²) in [5.74, 6) is 0.0766. The summed E-state index contributed by atoms with van der Waals surface area (Å²) < 4.78 is 11.5. The number of rotatable bonds is 2. The Morgan fingerprint density at radius 1 is 1.25 bits per heavy atom. The number of benzene rings is 1. The molecule has 0 saturated carbocycles. The minimum absolute atomic E-state index is 0.192. The molecule has 1 aromatic rings. The molecular weight excluding hydrogens is 410 g/mol. The van der Waals surface area contributed by atoms with Gasteiger partial charge in [0.2, 0.25) is 0 Å². The van der Waals surface area contributed by atoms with E-state index in [1.54, 1.807) is 12.1 Å². The molecule has 0 aliphatic heterocycles. The minimum Gasteiger partial charge on any atom is -0.465 e. The van der Waals surface area contributed by atoms with Gasteiger partial charge >= 0.3 is 5.97 Å². The Labute approximate surface area is 140 Å². The number of hydrogen-bond acceptors (Lipinski definition) is 4. The molecule has 0 saturated heterocycles. The van der Waals surface area contributed by atoms with Crippen molar-refractivity contribution in [3.63, 3.8) is 0 Å². The van der Waals surface area contributed by atoms with Crippen LogP contribution in [0.2, 0.25) is 0 Å². The third-order valence-corrected chi connectivity index (χ3v) is 3.45. The highest BCUT2D eigenvalue weighted by atomic mass is 79.9. The van der Waals surface area contributed by atoms with Crippen LogP contribution < -0.4 is 10.1 Å². The first-order chi connectivity index (χ1) is 9.14. The molecular formula is C13H15Br2NO3S. The summed E-state index contributed by atoms with van der Waals surface area (Å²) in [7, 11) is 1.33. The standard InChI is InChI=1S/C13H15Br2NO3S/c1-13(2,3)16-12(20)19-10-8(14)5-7(6-9(10)15)11(17)18-4/h5-6H,1-4H3,(H,16,20). The third kappa shape index (κ3) is 5.03. The lowest BCUT2D eigenvalue weighted by Gasteiger charge is -2.22. The van der Waals surface area contributed by atoms with Crippen molar-refractivity contribution in [1.82, 2.24) is 5.32 Å². The maximum Gasteiger partial charge on any atom is 0.337 e. The maximum absolute atomic E-state index is 11.5. The van der Waals surface area contributed by atoms with E-state index in [9.17, 15) is 4.79 Å². The first-order valence-corrected chi connectivity index (χ1v) is 7.71. The topological polar surface area (TPSA) is 47.6 Å². The fourth-order valence-electron chi connectivity index (χ4n) is 1.32. The van der Waals surface area contributed by atoms with Crippen LogP contribution in [-0.4, -0.2) is 23.8 Å². The van der Waals surface area contributed by atoms with Crippen LogP contribution in [0.5, 0.6) is 5.75 Å². The predicted molar refractivity (Wildman–Crippen MR) is 89.3 cm³/mol. The van der Waals surface area contributed by atoms with Gasteiger partial charge in [0, 0.05) is 5.54 Å². The van der Waals surface area contributed by atoms with Crippen molar-refractivity contribution in [2.75, 3.05) is 7.11 Å². The quantitative estimate of drug-likeness (QED) is 0.573. The van der Waals surface area contributed by atoms with Crippen molar-refractivity contribution in [3.05, 3.63) is 26.6 Å². The zero-order valence-electron chi connectivity index (χ0n) is 11.5. The molecule has 0 aromatic heterocycles. The summed E-state index contributed by atoms with van der Waals surface area (Å²) in [5.41, 5.74) is 0.218. The lowest BCUT2D eigenvalue weighted by Crippen LogP contribution is -2.42. The summed E-state index contributed by atoms with van der Waals surface area (Å²) >= 11 is 11.9. The molecule has 1 aromatic carbocycles. The molecule has 0 amide bonds. The van der Waals surface area contributed by atoms with Gasteiger partial charge in [-0.2, -0.15) is 0 Å². The normalized spacial score (nSPS) is 10.9. The van der Waals surface area contributed by atoms with E-state index in [0.717, 1.165) is 0 Å². The van der Waals surface area contributed by atoms with Crippen molar-refractivity contribution in [2.24, 2.45) is 0 Å². The largest absolute Gasteiger partial charge is 0.465 e. The van der Waals surface area contributed by atoms with E-state index < -0.39 is 5.97 Å². The molecule has 4 nitrogen and oxygen atoms in total. The number of halogens is 2. The Bertz CT molecular complexity index is 518. The molecule has 0 atom stereocenters. The number of hydrogen-bond donors (Lipinski definition) is 1. The van der Waals surface area contributed by atoms with Crippen molar-refractivity contribution < 1.29 is 14.3 Å². The van der Waals surface area contributed by atoms with Crippen molar-refractivity contribution >= 4 is 55.2 Å². The summed E-state index contributed by atoms with van der Waals surface area (Å²) in [5, 5.41) is 3.30. The number of carbonyl (C=O) groups is 1. The van der Waals surface area contributed by atoms with Gasteiger partial charge in [0.15, 0.2) is 5.75 Å². The van der Waals surface area contributed by atoms with Gasteiger partial charge in [-0.15, -0.1) is 0 Å². The molecule has 1 rings (SSSR count). The Kier molecular flexibility index (Phi) is 5.97. The highest BCUT2D eigenvalue weighted by Gasteiger charge is 2.17. The van der Waals surface area contributed by atoms with E-state index in [1.807, 2.05) is 20.8 Å². The van der Waals surface area contributed by atoms with Crippen molar-refractivity contribution in [2.45, 2.75) is 26.3 Å². The highest BCUT2D eigenvalue weighted by Crippen LogP contribution is 2.35. The Balaban J connectivity index is 2.98. The summed E-state index contributed by atoms with van der Waals surface area (Å²) in [4.78, 5) is 11.5. The van der Waals surface area contributed by atoms with E-state index in [-0.39, 0.29) is 10.7 Å². The second-order valence-corrected chi connectivity index (χ2v) is 7.10. The van der Waals surface area contributed by atoms with Gasteiger partial charge < -0.3 is 14.8 Å². The molecule has 0 radical (unpaired) electrons. The molecule has 20 heavy (non-hydrogen) atoms. The van der Waals surface area contributed by atoms with E-state index >= 15 is 0 Å². The predicted octanol–water partition coefficient (Wildman–Crippen LogP) is 4.05. The van der Waals surface area contributed by atoms with Crippen LogP contribution in [0.25, 0.3) is 0 Å². The molecule has 0 heterocycles. The average molecular weight is 425 g/mol. The molecule has 0 fully saturated rings. The summed E-state index contributed by atoms with van der Waals surface area (Å²) in [6.45, 7) is 5.94. The molecule has 110 valence electrons. The number of esters is 1. The number of carbonyl (C=O) groups excluding carboxylic acids is 1. The summed E-state index contributed by atoms with van der Waals surface area (Å²) in [6.07, 6.45) is 0. The fourth-order valence-corrected chi connectivity index (χ4v) is 3.06. The van der Waals surface area contributed by atoms with E-state index in [2.05, 4.69) is 41.9 Å². The lowest BCUT2D eigenvalue weighted by atomic mass is 10.1. The van der Waals surface area contributed by atoms with Gasteiger partial charge in [-0.25, -0.2) is 4.79 Å². The van der Waals surface area contributed by atoms with Crippen molar-refractivity contribution in [1.29, 1.82) is 0 Å². The molecule has 1 N–H and O–H groups in total. The lowest BCUT2D eigenvalue weighted by molar-refractivity contribution is 0.0600.